The molecule has 2 saturated heterocycles. The maximum atomic E-state index is 11.6. The first-order valence-corrected chi connectivity index (χ1v) is 6.85. The Morgan fingerprint density at radius 1 is 1.20 bits per heavy atom. The molecule has 1 aromatic rings. The van der Waals surface area contributed by atoms with Crippen LogP contribution in [0.3, 0.4) is 0 Å². The summed E-state index contributed by atoms with van der Waals surface area (Å²) >= 11 is 0. The molecule has 0 aliphatic carbocycles. The Balaban J connectivity index is 1.51. The van der Waals surface area contributed by atoms with Crippen molar-refractivity contribution in [1.82, 2.24) is 0 Å². The number of esters is 1. The van der Waals surface area contributed by atoms with Gasteiger partial charge in [-0.15, -0.1) is 0 Å². The molecule has 0 aromatic heterocycles. The van der Waals surface area contributed by atoms with Gasteiger partial charge in [-0.2, -0.15) is 0 Å². The lowest BCUT2D eigenvalue weighted by Crippen LogP contribution is -2.45. The summed E-state index contributed by atoms with van der Waals surface area (Å²) in [4.78, 5) is 11.6. The van der Waals surface area contributed by atoms with Gasteiger partial charge in [0.05, 0.1) is 32.8 Å². The molecule has 1 aromatic carbocycles. The minimum atomic E-state index is -0.782. The highest BCUT2D eigenvalue weighted by atomic mass is 16.7. The van der Waals surface area contributed by atoms with Crippen LogP contribution in [0.5, 0.6) is 0 Å². The average Bonchev–Trinajstić information content (AvgIpc) is 2.87. The third-order valence-electron chi connectivity index (χ3n) is 3.48. The van der Waals surface area contributed by atoms with E-state index in [-0.39, 0.29) is 18.5 Å². The van der Waals surface area contributed by atoms with Crippen LogP contribution in [0.25, 0.3) is 0 Å². The molecule has 2 fully saturated rings. The molecular formula is C15H18O5. The van der Waals surface area contributed by atoms with Gasteiger partial charge in [0.15, 0.2) is 5.79 Å². The Kier molecular flexibility index (Phi) is 4.00. The van der Waals surface area contributed by atoms with Gasteiger partial charge in [0.25, 0.3) is 0 Å². The number of hydrogen-bond donors (Lipinski definition) is 0. The fourth-order valence-electron chi connectivity index (χ4n) is 2.60. The summed E-state index contributed by atoms with van der Waals surface area (Å²) in [6.45, 7) is 1.93. The minimum Gasteiger partial charge on any atom is -0.460 e. The second kappa shape index (κ2) is 5.91. The molecule has 0 unspecified atom stereocenters. The predicted octanol–water partition coefficient (Wildman–Crippen LogP) is 1.65. The number of benzene rings is 1. The van der Waals surface area contributed by atoms with Crippen LogP contribution in [0, 0.1) is 0 Å². The highest BCUT2D eigenvalue weighted by Crippen LogP contribution is 2.33. The Morgan fingerprint density at radius 2 is 1.95 bits per heavy atom. The molecule has 2 aliphatic heterocycles. The molecule has 0 radical (unpaired) electrons. The van der Waals surface area contributed by atoms with Gasteiger partial charge in [-0.1, -0.05) is 30.3 Å². The fourth-order valence-corrected chi connectivity index (χ4v) is 2.60. The van der Waals surface area contributed by atoms with Crippen LogP contribution in [-0.4, -0.2) is 37.7 Å². The average molecular weight is 278 g/mol. The Morgan fingerprint density at radius 3 is 2.70 bits per heavy atom. The molecule has 5 heteroatoms. The van der Waals surface area contributed by atoms with Crippen molar-refractivity contribution >= 4 is 5.97 Å². The lowest BCUT2D eigenvalue weighted by Gasteiger charge is -2.35. The topological polar surface area (TPSA) is 54.0 Å². The van der Waals surface area contributed by atoms with Crippen molar-refractivity contribution in [2.24, 2.45) is 0 Å². The first kappa shape index (κ1) is 13.5. The van der Waals surface area contributed by atoms with E-state index in [1.807, 2.05) is 30.3 Å². The van der Waals surface area contributed by atoms with Crippen molar-refractivity contribution in [3.05, 3.63) is 35.9 Å². The summed E-state index contributed by atoms with van der Waals surface area (Å²) in [6.07, 6.45) is 0.397. The maximum Gasteiger partial charge on any atom is 0.311 e. The first-order chi connectivity index (χ1) is 9.76. The van der Waals surface area contributed by atoms with E-state index >= 15 is 0 Å². The quantitative estimate of drug-likeness (QED) is 0.784. The highest BCUT2D eigenvalue weighted by molar-refractivity contribution is 5.71. The standard InChI is InChI=1S/C15H18O5/c16-14-9-15(18-6-7-19-15)8-13(20-14)11-17-10-12-4-2-1-3-5-12/h1-5,13H,6-11H2/t13-/m1/s1. The fraction of sp³-hybridized carbons (Fsp3) is 0.533. The lowest BCUT2D eigenvalue weighted by molar-refractivity contribution is -0.225. The smallest absolute Gasteiger partial charge is 0.311 e. The van der Waals surface area contributed by atoms with E-state index < -0.39 is 5.79 Å². The van der Waals surface area contributed by atoms with Crippen molar-refractivity contribution in [3.8, 4) is 0 Å². The van der Waals surface area contributed by atoms with Crippen LogP contribution in [0.2, 0.25) is 0 Å². The zero-order valence-corrected chi connectivity index (χ0v) is 11.2. The SMILES string of the molecule is O=C1CC2(C[C@H](COCc3ccccc3)O1)OCCO2. The van der Waals surface area contributed by atoms with E-state index in [0.717, 1.165) is 5.56 Å². The van der Waals surface area contributed by atoms with Gasteiger partial charge in [-0.05, 0) is 5.56 Å². The van der Waals surface area contributed by atoms with Crippen LogP contribution in [0.1, 0.15) is 18.4 Å². The molecule has 0 saturated carbocycles. The molecule has 1 atom stereocenters. The van der Waals surface area contributed by atoms with Crippen LogP contribution < -0.4 is 0 Å². The van der Waals surface area contributed by atoms with E-state index in [1.165, 1.54) is 0 Å². The summed E-state index contributed by atoms with van der Waals surface area (Å²) in [5.74, 6) is -1.07. The zero-order valence-electron chi connectivity index (χ0n) is 11.2. The van der Waals surface area contributed by atoms with Crippen LogP contribution >= 0.6 is 0 Å². The molecule has 2 aliphatic rings. The summed E-state index contributed by atoms with van der Waals surface area (Å²) in [5, 5.41) is 0. The van der Waals surface area contributed by atoms with Gasteiger partial charge in [0.1, 0.15) is 6.10 Å². The van der Waals surface area contributed by atoms with Crippen molar-refractivity contribution in [3.63, 3.8) is 0 Å². The largest absolute Gasteiger partial charge is 0.460 e. The molecule has 5 nitrogen and oxygen atoms in total. The molecular weight excluding hydrogens is 260 g/mol. The number of rotatable bonds is 4. The normalized spacial score (nSPS) is 24.8. The van der Waals surface area contributed by atoms with E-state index in [1.54, 1.807) is 0 Å². The second-order valence-corrected chi connectivity index (χ2v) is 5.10. The summed E-state index contributed by atoms with van der Waals surface area (Å²) < 4.78 is 22.0. The van der Waals surface area contributed by atoms with E-state index in [0.29, 0.717) is 32.8 Å². The molecule has 3 rings (SSSR count). The third-order valence-corrected chi connectivity index (χ3v) is 3.48. The van der Waals surface area contributed by atoms with Crippen molar-refractivity contribution in [2.45, 2.75) is 31.3 Å². The third kappa shape index (κ3) is 3.17. The molecule has 0 N–H and O–H groups in total. The van der Waals surface area contributed by atoms with Crippen LogP contribution in [0.15, 0.2) is 30.3 Å². The highest BCUT2D eigenvalue weighted by Gasteiger charge is 2.46. The zero-order chi connectivity index (χ0) is 13.8. The molecule has 0 bridgehead atoms. The van der Waals surface area contributed by atoms with E-state index in [9.17, 15) is 4.79 Å². The van der Waals surface area contributed by atoms with Gasteiger partial charge >= 0.3 is 5.97 Å². The molecule has 2 heterocycles. The van der Waals surface area contributed by atoms with Crippen molar-refractivity contribution in [1.29, 1.82) is 0 Å². The summed E-state index contributed by atoms with van der Waals surface area (Å²) in [6, 6.07) is 9.89. The summed E-state index contributed by atoms with van der Waals surface area (Å²) in [7, 11) is 0. The van der Waals surface area contributed by atoms with Crippen LogP contribution in [0.4, 0.5) is 0 Å². The number of ether oxygens (including phenoxy) is 4. The number of carbonyl (C=O) groups excluding carboxylic acids is 1. The van der Waals surface area contributed by atoms with Crippen molar-refractivity contribution < 1.29 is 23.7 Å². The summed E-state index contributed by atoms with van der Waals surface area (Å²) in [5.41, 5.74) is 1.10. The maximum absolute atomic E-state index is 11.6. The van der Waals surface area contributed by atoms with Crippen molar-refractivity contribution in [2.75, 3.05) is 19.8 Å². The van der Waals surface area contributed by atoms with E-state index in [2.05, 4.69) is 0 Å². The van der Waals surface area contributed by atoms with E-state index in [4.69, 9.17) is 18.9 Å². The predicted molar refractivity (Wildman–Crippen MR) is 69.8 cm³/mol. The Labute approximate surface area is 117 Å². The number of carbonyl (C=O) groups is 1. The van der Waals surface area contributed by atoms with Crippen LogP contribution in [-0.2, 0) is 30.3 Å². The van der Waals surface area contributed by atoms with Gasteiger partial charge < -0.3 is 18.9 Å². The molecule has 20 heavy (non-hydrogen) atoms. The number of cyclic esters (lactones) is 1. The number of hydrogen-bond acceptors (Lipinski definition) is 5. The lowest BCUT2D eigenvalue weighted by atomic mass is 10.0. The van der Waals surface area contributed by atoms with Gasteiger partial charge in [-0.3, -0.25) is 4.79 Å². The monoisotopic (exact) mass is 278 g/mol. The minimum absolute atomic E-state index is 0.169. The van der Waals surface area contributed by atoms with Gasteiger partial charge in [0, 0.05) is 6.42 Å². The second-order valence-electron chi connectivity index (χ2n) is 5.10. The Hall–Kier alpha value is -1.43. The molecule has 0 amide bonds. The first-order valence-electron chi connectivity index (χ1n) is 6.85. The molecule has 1 spiro atoms. The molecule has 108 valence electrons. The van der Waals surface area contributed by atoms with Gasteiger partial charge in [-0.25, -0.2) is 0 Å². The Bertz CT molecular complexity index is 453. The van der Waals surface area contributed by atoms with Gasteiger partial charge in [0.2, 0.25) is 0 Å².